The summed E-state index contributed by atoms with van der Waals surface area (Å²) in [4.78, 5) is 4.28. The Kier molecular flexibility index (Phi) is 3.18. The Hall–Kier alpha value is -1.94. The van der Waals surface area contributed by atoms with Crippen molar-refractivity contribution in [3.63, 3.8) is 0 Å². The van der Waals surface area contributed by atoms with E-state index in [1.807, 2.05) is 30.4 Å². The lowest BCUT2D eigenvalue weighted by atomic mass is 10.1. The first kappa shape index (κ1) is 13.1. The normalized spacial score (nSPS) is 11.2. The zero-order valence-corrected chi connectivity index (χ0v) is 12.4. The van der Waals surface area contributed by atoms with Gasteiger partial charge in [0.25, 0.3) is 0 Å². The summed E-state index contributed by atoms with van der Waals surface area (Å²) in [7, 11) is 0. The predicted molar refractivity (Wildman–Crippen MR) is 79.3 cm³/mol. The lowest BCUT2D eigenvalue weighted by molar-refractivity contribution is 0.892. The second-order valence-corrected chi connectivity index (χ2v) is 5.31. The molecule has 0 fully saturated rings. The molecule has 0 saturated heterocycles. The fourth-order valence-corrected chi connectivity index (χ4v) is 2.58. The molecule has 102 valence electrons. The molecule has 0 spiro atoms. The third kappa shape index (κ3) is 2.06. The zero-order valence-electron chi connectivity index (χ0n) is 11.7. The van der Waals surface area contributed by atoms with Crippen molar-refractivity contribution in [3.8, 4) is 0 Å². The van der Waals surface area contributed by atoms with Gasteiger partial charge >= 0.3 is 0 Å². The van der Waals surface area contributed by atoms with Gasteiger partial charge < -0.3 is 0 Å². The molecule has 5 heteroatoms. The number of rotatable bonds is 2. The Balaban J connectivity index is 2.16. The molecule has 0 unspecified atom stereocenters. The summed E-state index contributed by atoms with van der Waals surface area (Å²) in [5, 5.41) is 8.85. The van der Waals surface area contributed by atoms with Crippen LogP contribution in [0.1, 0.15) is 28.3 Å². The highest BCUT2D eigenvalue weighted by Gasteiger charge is 2.14. The van der Waals surface area contributed by atoms with Gasteiger partial charge in [-0.3, -0.25) is 4.40 Å². The van der Waals surface area contributed by atoms with Crippen molar-refractivity contribution < 1.29 is 0 Å². The Morgan fingerprint density at radius 2 is 1.85 bits per heavy atom. The fraction of sp³-hybridized carbons (Fsp3) is 0.267. The Morgan fingerprint density at radius 3 is 2.60 bits per heavy atom. The molecular weight excluding hydrogens is 272 g/mol. The summed E-state index contributed by atoms with van der Waals surface area (Å²) in [6, 6.07) is 8.29. The molecule has 2 heterocycles. The van der Waals surface area contributed by atoms with E-state index in [0.717, 1.165) is 23.6 Å². The molecule has 1 aromatic carbocycles. The molecule has 0 amide bonds. The van der Waals surface area contributed by atoms with Crippen LogP contribution in [0.5, 0.6) is 0 Å². The van der Waals surface area contributed by atoms with E-state index >= 15 is 0 Å². The van der Waals surface area contributed by atoms with Crippen molar-refractivity contribution in [2.75, 3.05) is 0 Å². The van der Waals surface area contributed by atoms with Gasteiger partial charge in [-0.25, -0.2) is 4.98 Å². The van der Waals surface area contributed by atoms with Crippen molar-refractivity contribution in [3.05, 3.63) is 57.8 Å². The van der Waals surface area contributed by atoms with E-state index in [0.29, 0.717) is 10.8 Å². The van der Waals surface area contributed by atoms with Crippen molar-refractivity contribution in [2.45, 2.75) is 27.2 Å². The molecular formula is C15H15ClN4. The summed E-state index contributed by atoms with van der Waals surface area (Å²) in [5.41, 5.74) is 5.04. The number of nitrogens with zero attached hydrogens (tertiary/aromatic N) is 4. The average Bonchev–Trinajstić information content (AvgIpc) is 2.83. The van der Waals surface area contributed by atoms with Crippen LogP contribution in [0, 0.1) is 20.8 Å². The van der Waals surface area contributed by atoms with Crippen LogP contribution in [-0.4, -0.2) is 19.6 Å². The Labute approximate surface area is 122 Å². The van der Waals surface area contributed by atoms with Gasteiger partial charge in [0.15, 0.2) is 10.8 Å². The molecule has 0 atom stereocenters. The maximum Gasteiger partial charge on any atom is 0.198 e. The lowest BCUT2D eigenvalue weighted by Crippen LogP contribution is -2.04. The van der Waals surface area contributed by atoms with E-state index in [-0.39, 0.29) is 0 Å². The summed E-state index contributed by atoms with van der Waals surface area (Å²) in [6.07, 6.45) is 0.731. The molecule has 20 heavy (non-hydrogen) atoms. The minimum absolute atomic E-state index is 0.400. The molecule has 3 rings (SSSR count). The first-order chi connectivity index (χ1) is 9.58. The van der Waals surface area contributed by atoms with Gasteiger partial charge in [-0.2, -0.15) is 0 Å². The number of fused-ring (bicyclic) bond motifs is 1. The molecule has 2 aromatic heterocycles. The first-order valence-electron chi connectivity index (χ1n) is 6.49. The SMILES string of the molecule is Cc1ccccc1Cc1nnc2c(Cl)nc(C)c(C)n12. The van der Waals surface area contributed by atoms with Gasteiger partial charge in [-0.1, -0.05) is 35.9 Å². The van der Waals surface area contributed by atoms with Gasteiger partial charge in [-0.05, 0) is 31.9 Å². The van der Waals surface area contributed by atoms with Gasteiger partial charge in [-0.15, -0.1) is 10.2 Å². The second-order valence-electron chi connectivity index (χ2n) is 4.95. The molecule has 0 aliphatic carbocycles. The maximum atomic E-state index is 6.15. The topological polar surface area (TPSA) is 43.1 Å². The molecule has 0 saturated carbocycles. The van der Waals surface area contributed by atoms with Crippen LogP contribution in [0.25, 0.3) is 5.65 Å². The smallest absolute Gasteiger partial charge is 0.198 e. The second kappa shape index (κ2) is 4.87. The van der Waals surface area contributed by atoms with Crippen LogP contribution >= 0.6 is 11.6 Å². The van der Waals surface area contributed by atoms with Gasteiger partial charge in [0.1, 0.15) is 5.82 Å². The molecule has 0 N–H and O–H groups in total. The number of aromatic nitrogens is 4. The molecule has 0 radical (unpaired) electrons. The minimum Gasteiger partial charge on any atom is -0.279 e. The predicted octanol–water partition coefficient (Wildman–Crippen LogP) is 3.29. The number of halogens is 1. The highest BCUT2D eigenvalue weighted by atomic mass is 35.5. The van der Waals surface area contributed by atoms with E-state index < -0.39 is 0 Å². The van der Waals surface area contributed by atoms with Gasteiger partial charge in [0, 0.05) is 12.1 Å². The Morgan fingerprint density at radius 1 is 1.10 bits per heavy atom. The summed E-state index contributed by atoms with van der Waals surface area (Å²) < 4.78 is 2.00. The molecule has 0 aliphatic heterocycles. The largest absolute Gasteiger partial charge is 0.279 e. The summed E-state index contributed by atoms with van der Waals surface area (Å²) in [6.45, 7) is 6.06. The summed E-state index contributed by atoms with van der Waals surface area (Å²) >= 11 is 6.15. The van der Waals surface area contributed by atoms with E-state index in [2.05, 4.69) is 34.2 Å². The third-order valence-corrected chi connectivity index (χ3v) is 3.90. The third-order valence-electron chi connectivity index (χ3n) is 3.65. The summed E-state index contributed by atoms with van der Waals surface area (Å²) in [5.74, 6) is 0.888. The average molecular weight is 287 g/mol. The molecule has 0 bridgehead atoms. The molecule has 0 aliphatic rings. The van der Waals surface area contributed by atoms with E-state index in [9.17, 15) is 0 Å². The standard InChI is InChI=1S/C15H15ClN4/c1-9-6-4-5-7-12(9)8-13-18-19-15-14(16)17-10(2)11(3)20(13)15/h4-7H,8H2,1-3H3. The van der Waals surface area contributed by atoms with Crippen LogP contribution in [0.2, 0.25) is 5.15 Å². The van der Waals surface area contributed by atoms with Gasteiger partial charge in [0.2, 0.25) is 0 Å². The minimum atomic E-state index is 0.400. The fourth-order valence-electron chi connectivity index (χ4n) is 2.34. The van der Waals surface area contributed by atoms with Crippen LogP contribution in [0.4, 0.5) is 0 Å². The maximum absolute atomic E-state index is 6.15. The van der Waals surface area contributed by atoms with Crippen LogP contribution in [0.3, 0.4) is 0 Å². The van der Waals surface area contributed by atoms with Gasteiger partial charge in [0.05, 0.1) is 5.69 Å². The van der Waals surface area contributed by atoms with Crippen molar-refractivity contribution >= 4 is 17.2 Å². The van der Waals surface area contributed by atoms with E-state index in [4.69, 9.17) is 11.6 Å². The lowest BCUT2D eigenvalue weighted by Gasteiger charge is -2.08. The van der Waals surface area contributed by atoms with Crippen molar-refractivity contribution in [1.29, 1.82) is 0 Å². The van der Waals surface area contributed by atoms with Crippen LogP contribution in [-0.2, 0) is 6.42 Å². The van der Waals surface area contributed by atoms with Crippen LogP contribution in [0.15, 0.2) is 24.3 Å². The van der Waals surface area contributed by atoms with E-state index in [1.54, 1.807) is 0 Å². The molecule has 3 aromatic rings. The number of aryl methyl sites for hydroxylation is 3. The number of hydrogen-bond acceptors (Lipinski definition) is 3. The highest BCUT2D eigenvalue weighted by molar-refractivity contribution is 6.32. The number of benzene rings is 1. The van der Waals surface area contributed by atoms with Crippen molar-refractivity contribution in [2.24, 2.45) is 0 Å². The first-order valence-corrected chi connectivity index (χ1v) is 6.87. The molecule has 4 nitrogen and oxygen atoms in total. The van der Waals surface area contributed by atoms with Crippen LogP contribution < -0.4 is 0 Å². The zero-order chi connectivity index (χ0) is 14.3. The number of hydrogen-bond donors (Lipinski definition) is 0. The quantitative estimate of drug-likeness (QED) is 0.726. The van der Waals surface area contributed by atoms with Crippen molar-refractivity contribution in [1.82, 2.24) is 19.6 Å². The monoisotopic (exact) mass is 286 g/mol. The Bertz CT molecular complexity index is 792. The highest BCUT2D eigenvalue weighted by Crippen LogP contribution is 2.20. The van der Waals surface area contributed by atoms with E-state index in [1.165, 1.54) is 11.1 Å².